The van der Waals surface area contributed by atoms with Crippen molar-refractivity contribution in [2.45, 2.75) is 33.4 Å². The van der Waals surface area contributed by atoms with Crippen molar-refractivity contribution < 1.29 is 14.3 Å². The topological polar surface area (TPSA) is 62.4 Å². The molecule has 2 rings (SSSR count). The Kier molecular flexibility index (Phi) is 6.03. The number of hydrogen-bond donors (Lipinski definition) is 1. The average Bonchev–Trinajstić information content (AvgIpc) is 2.87. The summed E-state index contributed by atoms with van der Waals surface area (Å²) in [5, 5.41) is 0.670. The van der Waals surface area contributed by atoms with Gasteiger partial charge in [0.1, 0.15) is 0 Å². The summed E-state index contributed by atoms with van der Waals surface area (Å²) in [5.74, 6) is -0.509. The first-order chi connectivity index (χ1) is 11.8. The number of H-pyrrole nitrogens is 1. The van der Waals surface area contributed by atoms with E-state index in [0.717, 1.165) is 5.56 Å². The van der Waals surface area contributed by atoms with E-state index in [2.05, 4.69) is 4.98 Å². The van der Waals surface area contributed by atoms with Gasteiger partial charge in [-0.15, -0.1) is 0 Å². The highest BCUT2D eigenvalue weighted by Crippen LogP contribution is 2.22. The van der Waals surface area contributed by atoms with E-state index in [0.29, 0.717) is 34.1 Å². The summed E-state index contributed by atoms with van der Waals surface area (Å²) < 4.78 is 4.80. The molecule has 1 aromatic heterocycles. The number of Topliss-reactive ketones (excluding diaryl/α,β-unsaturated/α-hetero) is 1. The molecule has 1 aromatic carbocycles. The molecular formula is C19H23ClN2O3. The summed E-state index contributed by atoms with van der Waals surface area (Å²) in [6.45, 7) is 5.96. The molecule has 1 atom stereocenters. The molecule has 134 valence electrons. The number of nitrogens with zero attached hydrogens (tertiary/aromatic N) is 1. The maximum atomic E-state index is 12.9. The highest BCUT2D eigenvalue weighted by Gasteiger charge is 2.27. The summed E-state index contributed by atoms with van der Waals surface area (Å²) in [4.78, 5) is 29.8. The van der Waals surface area contributed by atoms with Crippen LogP contribution in [0.3, 0.4) is 0 Å². The molecule has 1 N–H and O–H groups in total. The minimum atomic E-state index is -0.440. The molecule has 0 saturated heterocycles. The number of carbonyl (C=O) groups excluding carboxylic acids is 2. The number of ether oxygens (including phenoxy) is 1. The number of aromatic amines is 1. The standard InChI is InChI=1S/C19H23ClN2O3/c1-11-16(19(24)25-5)12(2)21-17(11)18(23)13(3)22(4)10-14-7-6-8-15(20)9-14/h6-9,13,21H,10H2,1-5H3/t13-/m1/s1. The van der Waals surface area contributed by atoms with Crippen molar-refractivity contribution in [3.63, 3.8) is 0 Å². The van der Waals surface area contributed by atoms with Gasteiger partial charge in [-0.3, -0.25) is 9.69 Å². The second kappa shape index (κ2) is 7.85. The Balaban J connectivity index is 2.21. The number of rotatable bonds is 6. The Bertz CT molecular complexity index is 798. The second-order valence-corrected chi connectivity index (χ2v) is 6.64. The van der Waals surface area contributed by atoms with E-state index >= 15 is 0 Å². The Morgan fingerprint density at radius 1 is 1.32 bits per heavy atom. The molecule has 0 aliphatic rings. The highest BCUT2D eigenvalue weighted by atomic mass is 35.5. The minimum absolute atomic E-state index is 0.0692. The van der Waals surface area contributed by atoms with Gasteiger partial charge in [-0.05, 0) is 51.1 Å². The van der Waals surface area contributed by atoms with Crippen molar-refractivity contribution in [2.75, 3.05) is 14.2 Å². The number of ketones is 1. The van der Waals surface area contributed by atoms with Crippen LogP contribution in [0.2, 0.25) is 5.02 Å². The molecule has 0 fully saturated rings. The van der Waals surface area contributed by atoms with Crippen LogP contribution in [0.5, 0.6) is 0 Å². The monoisotopic (exact) mass is 362 g/mol. The maximum Gasteiger partial charge on any atom is 0.339 e. The van der Waals surface area contributed by atoms with Crippen LogP contribution in [0.15, 0.2) is 24.3 Å². The largest absolute Gasteiger partial charge is 0.465 e. The van der Waals surface area contributed by atoms with E-state index in [4.69, 9.17) is 16.3 Å². The zero-order valence-electron chi connectivity index (χ0n) is 15.1. The first-order valence-corrected chi connectivity index (χ1v) is 8.40. The van der Waals surface area contributed by atoms with Crippen LogP contribution in [0.1, 0.15) is 44.6 Å². The summed E-state index contributed by atoms with van der Waals surface area (Å²) >= 11 is 6.02. The zero-order chi connectivity index (χ0) is 18.7. The Morgan fingerprint density at radius 2 is 2.00 bits per heavy atom. The number of benzene rings is 1. The lowest BCUT2D eigenvalue weighted by Crippen LogP contribution is -2.36. The summed E-state index contributed by atoms with van der Waals surface area (Å²) in [6, 6.07) is 7.20. The smallest absolute Gasteiger partial charge is 0.339 e. The van der Waals surface area contributed by atoms with Crippen molar-refractivity contribution in [3.8, 4) is 0 Å². The molecule has 0 spiro atoms. The van der Waals surface area contributed by atoms with Crippen LogP contribution < -0.4 is 0 Å². The number of nitrogens with one attached hydrogen (secondary N) is 1. The van der Waals surface area contributed by atoms with Gasteiger partial charge < -0.3 is 9.72 Å². The lowest BCUT2D eigenvalue weighted by molar-refractivity contribution is 0.0599. The average molecular weight is 363 g/mol. The second-order valence-electron chi connectivity index (χ2n) is 6.20. The fourth-order valence-electron chi connectivity index (χ4n) is 2.87. The van der Waals surface area contributed by atoms with E-state index in [1.807, 2.05) is 43.1 Å². The third-order valence-corrected chi connectivity index (χ3v) is 4.67. The van der Waals surface area contributed by atoms with Gasteiger partial charge in [0.25, 0.3) is 0 Å². The fraction of sp³-hybridized carbons (Fsp3) is 0.368. The molecule has 0 aliphatic heterocycles. The Morgan fingerprint density at radius 3 is 2.60 bits per heavy atom. The van der Waals surface area contributed by atoms with E-state index in [1.54, 1.807) is 13.8 Å². The fourth-order valence-corrected chi connectivity index (χ4v) is 3.09. The minimum Gasteiger partial charge on any atom is -0.465 e. The maximum absolute atomic E-state index is 12.9. The number of likely N-dealkylation sites (N-methyl/N-ethyl adjacent to an activating group) is 1. The van der Waals surface area contributed by atoms with Crippen LogP contribution in [0.25, 0.3) is 0 Å². The molecule has 0 saturated carbocycles. The van der Waals surface area contributed by atoms with Gasteiger partial charge in [0.15, 0.2) is 5.78 Å². The normalized spacial score (nSPS) is 12.3. The first-order valence-electron chi connectivity index (χ1n) is 8.02. The molecule has 2 aromatic rings. The van der Waals surface area contributed by atoms with E-state index in [1.165, 1.54) is 7.11 Å². The van der Waals surface area contributed by atoms with Crippen molar-refractivity contribution >= 4 is 23.4 Å². The van der Waals surface area contributed by atoms with Crippen LogP contribution in [0.4, 0.5) is 0 Å². The third kappa shape index (κ3) is 4.11. The molecule has 0 aliphatic carbocycles. The number of methoxy groups -OCH3 is 1. The Hall–Kier alpha value is -2.11. The summed E-state index contributed by atoms with van der Waals surface area (Å²) in [5.41, 5.74) is 3.16. The number of carbonyl (C=O) groups is 2. The lowest BCUT2D eigenvalue weighted by Gasteiger charge is -2.23. The van der Waals surface area contributed by atoms with Gasteiger partial charge in [0.05, 0.1) is 24.4 Å². The molecule has 0 unspecified atom stereocenters. The van der Waals surface area contributed by atoms with Crippen LogP contribution >= 0.6 is 11.6 Å². The van der Waals surface area contributed by atoms with Crippen molar-refractivity contribution in [1.29, 1.82) is 0 Å². The SMILES string of the molecule is COC(=O)c1c(C)[nH]c(C(=O)[C@@H](C)N(C)Cc2cccc(Cl)c2)c1C. The predicted molar refractivity (Wildman–Crippen MR) is 98.3 cm³/mol. The van der Waals surface area contributed by atoms with Gasteiger partial charge in [-0.1, -0.05) is 23.7 Å². The zero-order valence-corrected chi connectivity index (χ0v) is 15.9. The molecule has 0 bridgehead atoms. The van der Waals surface area contributed by atoms with Gasteiger partial charge >= 0.3 is 5.97 Å². The van der Waals surface area contributed by atoms with Gasteiger partial charge in [0.2, 0.25) is 0 Å². The molecular weight excluding hydrogens is 340 g/mol. The third-order valence-electron chi connectivity index (χ3n) is 4.44. The van der Waals surface area contributed by atoms with Crippen molar-refractivity contribution in [2.24, 2.45) is 0 Å². The van der Waals surface area contributed by atoms with E-state index in [-0.39, 0.29) is 11.8 Å². The molecule has 25 heavy (non-hydrogen) atoms. The number of hydrogen-bond acceptors (Lipinski definition) is 4. The highest BCUT2D eigenvalue weighted by molar-refractivity contribution is 6.30. The Labute approximate surface area is 152 Å². The summed E-state index contributed by atoms with van der Waals surface area (Å²) in [7, 11) is 3.22. The van der Waals surface area contributed by atoms with Crippen LogP contribution in [-0.2, 0) is 11.3 Å². The van der Waals surface area contributed by atoms with E-state index in [9.17, 15) is 9.59 Å². The lowest BCUT2D eigenvalue weighted by atomic mass is 10.0. The number of halogens is 1. The van der Waals surface area contributed by atoms with Gasteiger partial charge in [-0.2, -0.15) is 0 Å². The molecule has 6 heteroatoms. The van der Waals surface area contributed by atoms with Crippen molar-refractivity contribution in [1.82, 2.24) is 9.88 Å². The molecule has 1 heterocycles. The van der Waals surface area contributed by atoms with Crippen molar-refractivity contribution in [3.05, 3.63) is 57.4 Å². The van der Waals surface area contributed by atoms with E-state index < -0.39 is 5.97 Å². The quantitative estimate of drug-likeness (QED) is 0.627. The number of esters is 1. The number of aromatic nitrogens is 1. The molecule has 0 radical (unpaired) electrons. The summed E-state index contributed by atoms with van der Waals surface area (Å²) in [6.07, 6.45) is 0. The van der Waals surface area contributed by atoms with Gasteiger partial charge in [-0.25, -0.2) is 4.79 Å². The predicted octanol–water partition coefficient (Wildman–Crippen LogP) is 3.77. The molecule has 5 nitrogen and oxygen atoms in total. The first kappa shape index (κ1) is 19.2. The van der Waals surface area contributed by atoms with Crippen LogP contribution in [0, 0.1) is 13.8 Å². The molecule has 0 amide bonds. The van der Waals surface area contributed by atoms with Crippen LogP contribution in [-0.4, -0.2) is 41.8 Å². The van der Waals surface area contributed by atoms with Gasteiger partial charge in [0, 0.05) is 17.3 Å². The number of aryl methyl sites for hydroxylation is 1.